The second-order valence-electron chi connectivity index (χ2n) is 2.53. The molecule has 0 unspecified atom stereocenters. The maximum absolute atomic E-state index is 8.75. The van der Waals surface area contributed by atoms with Crippen LogP contribution >= 0.6 is 11.6 Å². The number of aliphatic hydroxyl groups is 1. The van der Waals surface area contributed by atoms with Gasteiger partial charge in [-0.05, 0) is 24.1 Å². The standard InChI is InChI=1S/C9H12ClNO/c1-11-9-6-8(10)3-2-7(9)4-5-12/h2-3,6,11-12H,4-5H2,1H3. The van der Waals surface area contributed by atoms with Crippen molar-refractivity contribution in [3.05, 3.63) is 28.8 Å². The van der Waals surface area contributed by atoms with Crippen LogP contribution in [0.15, 0.2) is 18.2 Å². The van der Waals surface area contributed by atoms with Gasteiger partial charge in [0.25, 0.3) is 0 Å². The molecule has 0 fully saturated rings. The highest BCUT2D eigenvalue weighted by Gasteiger charge is 2.00. The summed E-state index contributed by atoms with van der Waals surface area (Å²) in [7, 11) is 1.84. The molecule has 0 spiro atoms. The molecule has 0 aliphatic carbocycles. The zero-order valence-electron chi connectivity index (χ0n) is 6.97. The molecule has 1 aromatic carbocycles. The quantitative estimate of drug-likeness (QED) is 0.754. The van der Waals surface area contributed by atoms with Crippen LogP contribution in [-0.4, -0.2) is 18.8 Å². The zero-order valence-corrected chi connectivity index (χ0v) is 7.73. The third-order valence-electron chi connectivity index (χ3n) is 1.72. The van der Waals surface area contributed by atoms with E-state index >= 15 is 0 Å². The lowest BCUT2D eigenvalue weighted by molar-refractivity contribution is 0.300. The molecule has 0 saturated heterocycles. The first-order valence-corrected chi connectivity index (χ1v) is 4.22. The van der Waals surface area contributed by atoms with Gasteiger partial charge in [0.05, 0.1) is 0 Å². The first-order valence-electron chi connectivity index (χ1n) is 3.85. The fourth-order valence-corrected chi connectivity index (χ4v) is 1.29. The molecule has 66 valence electrons. The molecule has 0 amide bonds. The summed E-state index contributed by atoms with van der Waals surface area (Å²) in [5.41, 5.74) is 2.07. The van der Waals surface area contributed by atoms with Crippen LogP contribution in [0.25, 0.3) is 0 Å². The molecule has 0 aliphatic heterocycles. The van der Waals surface area contributed by atoms with Crippen molar-refractivity contribution in [3.63, 3.8) is 0 Å². The number of rotatable bonds is 3. The first-order chi connectivity index (χ1) is 5.77. The van der Waals surface area contributed by atoms with Crippen molar-refractivity contribution in [2.75, 3.05) is 19.0 Å². The van der Waals surface area contributed by atoms with Gasteiger partial charge in [0.15, 0.2) is 0 Å². The van der Waals surface area contributed by atoms with E-state index in [0.29, 0.717) is 11.4 Å². The van der Waals surface area contributed by atoms with Crippen LogP contribution in [0.2, 0.25) is 5.02 Å². The van der Waals surface area contributed by atoms with Gasteiger partial charge in [-0.25, -0.2) is 0 Å². The second-order valence-corrected chi connectivity index (χ2v) is 2.96. The van der Waals surface area contributed by atoms with E-state index in [4.69, 9.17) is 16.7 Å². The lowest BCUT2D eigenvalue weighted by atomic mass is 10.1. The van der Waals surface area contributed by atoms with Gasteiger partial charge in [-0.1, -0.05) is 17.7 Å². The highest BCUT2D eigenvalue weighted by Crippen LogP contribution is 2.20. The Bertz CT molecular complexity index is 263. The lowest BCUT2D eigenvalue weighted by Gasteiger charge is -2.07. The molecule has 0 radical (unpaired) electrons. The van der Waals surface area contributed by atoms with Crippen molar-refractivity contribution >= 4 is 17.3 Å². The summed E-state index contributed by atoms with van der Waals surface area (Å²) >= 11 is 5.79. The Balaban J connectivity index is 2.94. The van der Waals surface area contributed by atoms with E-state index in [1.165, 1.54) is 0 Å². The van der Waals surface area contributed by atoms with Crippen LogP contribution in [0.3, 0.4) is 0 Å². The Morgan fingerprint density at radius 3 is 2.83 bits per heavy atom. The average Bonchev–Trinajstić information content (AvgIpc) is 2.08. The van der Waals surface area contributed by atoms with Crippen molar-refractivity contribution in [3.8, 4) is 0 Å². The number of nitrogens with one attached hydrogen (secondary N) is 1. The Morgan fingerprint density at radius 1 is 1.50 bits per heavy atom. The van der Waals surface area contributed by atoms with Crippen molar-refractivity contribution < 1.29 is 5.11 Å². The number of hydrogen-bond donors (Lipinski definition) is 2. The minimum absolute atomic E-state index is 0.163. The highest BCUT2D eigenvalue weighted by molar-refractivity contribution is 6.30. The molecule has 1 rings (SSSR count). The van der Waals surface area contributed by atoms with Gasteiger partial charge in [0.2, 0.25) is 0 Å². The summed E-state index contributed by atoms with van der Waals surface area (Å²) in [6.45, 7) is 0.163. The van der Waals surface area contributed by atoms with E-state index in [9.17, 15) is 0 Å². The molecule has 3 heteroatoms. The van der Waals surface area contributed by atoms with E-state index in [-0.39, 0.29) is 6.61 Å². The molecule has 2 nitrogen and oxygen atoms in total. The molecule has 0 bridgehead atoms. The molecule has 0 saturated carbocycles. The Kier molecular flexibility index (Phi) is 3.38. The molecule has 1 aromatic rings. The number of aliphatic hydroxyl groups excluding tert-OH is 1. The maximum Gasteiger partial charge on any atom is 0.0472 e. The van der Waals surface area contributed by atoms with E-state index in [1.54, 1.807) is 0 Å². The van der Waals surface area contributed by atoms with Gasteiger partial charge in [-0.15, -0.1) is 0 Å². The van der Waals surface area contributed by atoms with Crippen molar-refractivity contribution in [2.45, 2.75) is 6.42 Å². The smallest absolute Gasteiger partial charge is 0.0472 e. The van der Waals surface area contributed by atoms with Crippen molar-refractivity contribution in [1.82, 2.24) is 0 Å². The minimum atomic E-state index is 0.163. The van der Waals surface area contributed by atoms with Gasteiger partial charge in [-0.3, -0.25) is 0 Å². The Hall–Kier alpha value is -0.730. The fraction of sp³-hybridized carbons (Fsp3) is 0.333. The molecule has 0 atom stereocenters. The van der Waals surface area contributed by atoms with Crippen LogP contribution in [-0.2, 0) is 6.42 Å². The number of hydrogen-bond acceptors (Lipinski definition) is 2. The minimum Gasteiger partial charge on any atom is -0.396 e. The summed E-state index contributed by atoms with van der Waals surface area (Å²) in [5, 5.41) is 12.5. The average molecular weight is 186 g/mol. The zero-order chi connectivity index (χ0) is 8.97. The predicted molar refractivity (Wildman–Crippen MR) is 51.8 cm³/mol. The monoisotopic (exact) mass is 185 g/mol. The first kappa shape index (κ1) is 9.36. The van der Waals surface area contributed by atoms with Crippen LogP contribution in [0.1, 0.15) is 5.56 Å². The number of anilines is 1. The van der Waals surface area contributed by atoms with Gasteiger partial charge in [-0.2, -0.15) is 0 Å². The van der Waals surface area contributed by atoms with Crippen LogP contribution in [0.4, 0.5) is 5.69 Å². The van der Waals surface area contributed by atoms with E-state index < -0.39 is 0 Å². The van der Waals surface area contributed by atoms with E-state index in [1.807, 2.05) is 25.2 Å². The van der Waals surface area contributed by atoms with Gasteiger partial charge < -0.3 is 10.4 Å². The SMILES string of the molecule is CNc1cc(Cl)ccc1CCO. The fourth-order valence-electron chi connectivity index (χ4n) is 1.12. The second kappa shape index (κ2) is 4.33. The maximum atomic E-state index is 8.75. The summed E-state index contributed by atoms with van der Waals surface area (Å²) < 4.78 is 0. The van der Waals surface area contributed by atoms with Crippen LogP contribution in [0.5, 0.6) is 0 Å². The van der Waals surface area contributed by atoms with Crippen molar-refractivity contribution in [2.24, 2.45) is 0 Å². The summed E-state index contributed by atoms with van der Waals surface area (Å²) in [6, 6.07) is 5.60. The molecular formula is C9H12ClNO. The molecular weight excluding hydrogens is 174 g/mol. The van der Waals surface area contributed by atoms with Gasteiger partial charge in [0, 0.05) is 24.4 Å². The molecule has 0 aliphatic rings. The van der Waals surface area contributed by atoms with Crippen LogP contribution in [0, 0.1) is 0 Å². The number of halogens is 1. The topological polar surface area (TPSA) is 32.3 Å². The third kappa shape index (κ3) is 2.13. The molecule has 12 heavy (non-hydrogen) atoms. The van der Waals surface area contributed by atoms with E-state index in [0.717, 1.165) is 11.3 Å². The predicted octanol–water partition coefficient (Wildman–Crippen LogP) is 1.92. The Morgan fingerprint density at radius 2 is 2.25 bits per heavy atom. The highest BCUT2D eigenvalue weighted by atomic mass is 35.5. The molecule has 0 heterocycles. The van der Waals surface area contributed by atoms with Gasteiger partial charge in [0.1, 0.15) is 0 Å². The van der Waals surface area contributed by atoms with Gasteiger partial charge >= 0.3 is 0 Å². The van der Waals surface area contributed by atoms with Crippen molar-refractivity contribution in [1.29, 1.82) is 0 Å². The molecule has 2 N–H and O–H groups in total. The largest absolute Gasteiger partial charge is 0.396 e. The summed E-state index contributed by atoms with van der Waals surface area (Å²) in [6.07, 6.45) is 0.660. The number of benzene rings is 1. The summed E-state index contributed by atoms with van der Waals surface area (Å²) in [4.78, 5) is 0. The van der Waals surface area contributed by atoms with E-state index in [2.05, 4.69) is 5.32 Å². The summed E-state index contributed by atoms with van der Waals surface area (Å²) in [5.74, 6) is 0. The van der Waals surface area contributed by atoms with Crippen LogP contribution < -0.4 is 5.32 Å². The normalized spacial score (nSPS) is 9.92. The third-order valence-corrected chi connectivity index (χ3v) is 1.96. The Labute approximate surface area is 77.2 Å². The molecule has 0 aromatic heterocycles. The lowest BCUT2D eigenvalue weighted by Crippen LogP contribution is -1.97.